The van der Waals surface area contributed by atoms with Gasteiger partial charge in [-0.15, -0.1) is 0 Å². The van der Waals surface area contributed by atoms with Gasteiger partial charge in [0.15, 0.2) is 11.5 Å². The summed E-state index contributed by atoms with van der Waals surface area (Å²) in [6, 6.07) is 13.9. The van der Waals surface area contributed by atoms with E-state index in [0.29, 0.717) is 12.8 Å². The van der Waals surface area contributed by atoms with Gasteiger partial charge in [-0.1, -0.05) is 18.2 Å². The van der Waals surface area contributed by atoms with Crippen LogP contribution in [-0.4, -0.2) is 34.1 Å². The first-order valence-corrected chi connectivity index (χ1v) is 9.40. The molecule has 1 amide bonds. The summed E-state index contributed by atoms with van der Waals surface area (Å²) < 4.78 is 10.8. The molecule has 2 aliphatic heterocycles. The van der Waals surface area contributed by atoms with Gasteiger partial charge in [0.05, 0.1) is 17.1 Å². The van der Waals surface area contributed by atoms with Crippen LogP contribution in [0, 0.1) is 0 Å². The molecule has 3 heterocycles. The fourth-order valence-corrected chi connectivity index (χ4v) is 3.97. The number of ether oxygens (including phenoxy) is 2. The number of nitrogens with one attached hydrogen (secondary N) is 1. The molecular formula is C21H21N3O3. The van der Waals surface area contributed by atoms with E-state index in [1.165, 1.54) is 0 Å². The smallest absolute Gasteiger partial charge is 0.231 e. The maximum atomic E-state index is 12.9. The Labute approximate surface area is 157 Å². The number of H-pyrrole nitrogens is 1. The maximum Gasteiger partial charge on any atom is 0.231 e. The van der Waals surface area contributed by atoms with Crippen LogP contribution in [0.2, 0.25) is 0 Å². The van der Waals surface area contributed by atoms with Gasteiger partial charge < -0.3 is 19.4 Å². The first-order valence-electron chi connectivity index (χ1n) is 9.40. The molecule has 2 aliphatic rings. The molecule has 0 bridgehead atoms. The van der Waals surface area contributed by atoms with Crippen LogP contribution in [0.15, 0.2) is 42.5 Å². The second-order valence-corrected chi connectivity index (χ2v) is 7.07. The normalized spacial score (nSPS) is 18.4. The molecule has 1 atom stereocenters. The van der Waals surface area contributed by atoms with Gasteiger partial charge in [0, 0.05) is 13.0 Å². The minimum Gasteiger partial charge on any atom is -0.454 e. The van der Waals surface area contributed by atoms with Crippen molar-refractivity contribution in [2.75, 3.05) is 13.3 Å². The van der Waals surface area contributed by atoms with E-state index in [4.69, 9.17) is 14.5 Å². The molecule has 0 saturated carbocycles. The van der Waals surface area contributed by atoms with Crippen molar-refractivity contribution in [2.45, 2.75) is 31.7 Å². The van der Waals surface area contributed by atoms with Crippen LogP contribution >= 0.6 is 0 Å². The van der Waals surface area contributed by atoms with Gasteiger partial charge in [-0.05, 0) is 49.1 Å². The summed E-state index contributed by atoms with van der Waals surface area (Å²) in [5.41, 5.74) is 3.06. The van der Waals surface area contributed by atoms with Crippen LogP contribution in [0.3, 0.4) is 0 Å². The lowest BCUT2D eigenvalue weighted by Crippen LogP contribution is -2.31. The third-order valence-electron chi connectivity index (χ3n) is 5.36. The minimum absolute atomic E-state index is 0.0432. The summed E-state index contributed by atoms with van der Waals surface area (Å²) in [5.74, 6) is 2.61. The molecule has 0 spiro atoms. The lowest BCUT2D eigenvalue weighted by atomic mass is 10.1. The Kier molecular flexibility index (Phi) is 3.96. The first-order chi connectivity index (χ1) is 13.3. The van der Waals surface area contributed by atoms with E-state index in [9.17, 15) is 4.79 Å². The number of fused-ring (bicyclic) bond motifs is 2. The number of imidazole rings is 1. The number of benzene rings is 2. The number of hydrogen-bond donors (Lipinski definition) is 1. The van der Waals surface area contributed by atoms with Crippen molar-refractivity contribution in [3.63, 3.8) is 0 Å². The fourth-order valence-electron chi connectivity index (χ4n) is 3.97. The Hall–Kier alpha value is -3.02. The summed E-state index contributed by atoms with van der Waals surface area (Å²) in [6.07, 6.45) is 3.14. The van der Waals surface area contributed by atoms with Crippen molar-refractivity contribution in [3.8, 4) is 11.5 Å². The highest BCUT2D eigenvalue weighted by Crippen LogP contribution is 2.34. The zero-order chi connectivity index (χ0) is 18.2. The van der Waals surface area contributed by atoms with E-state index in [2.05, 4.69) is 4.98 Å². The number of para-hydroxylation sites is 2. The summed E-state index contributed by atoms with van der Waals surface area (Å²) in [5, 5.41) is 0. The molecule has 0 radical (unpaired) electrons. The summed E-state index contributed by atoms with van der Waals surface area (Å²) in [7, 11) is 0. The van der Waals surface area contributed by atoms with Gasteiger partial charge in [-0.3, -0.25) is 4.79 Å². The summed E-state index contributed by atoms with van der Waals surface area (Å²) in [4.78, 5) is 23.0. The lowest BCUT2D eigenvalue weighted by Gasteiger charge is -2.23. The molecule has 2 aromatic carbocycles. The van der Waals surface area contributed by atoms with E-state index >= 15 is 0 Å². The number of likely N-dealkylation sites (tertiary alicyclic amines) is 1. The Morgan fingerprint density at radius 3 is 3.00 bits per heavy atom. The molecule has 3 aromatic rings. The van der Waals surface area contributed by atoms with E-state index in [0.717, 1.165) is 53.3 Å². The molecule has 1 N–H and O–H groups in total. The number of amides is 1. The molecular weight excluding hydrogens is 342 g/mol. The number of rotatable bonds is 4. The second kappa shape index (κ2) is 6.61. The molecule has 6 nitrogen and oxygen atoms in total. The monoisotopic (exact) mass is 363 g/mol. The zero-order valence-electron chi connectivity index (χ0n) is 15.0. The Bertz CT molecular complexity index is 964. The predicted octanol–water partition coefficient (Wildman–Crippen LogP) is 3.59. The highest BCUT2D eigenvalue weighted by Gasteiger charge is 2.31. The number of nitrogens with zero attached hydrogens (tertiary/aromatic N) is 2. The van der Waals surface area contributed by atoms with Gasteiger partial charge in [0.25, 0.3) is 0 Å². The quantitative estimate of drug-likeness (QED) is 0.769. The maximum absolute atomic E-state index is 12.9. The van der Waals surface area contributed by atoms with Crippen LogP contribution in [0.4, 0.5) is 0 Å². The Morgan fingerprint density at radius 1 is 1.19 bits per heavy atom. The summed E-state index contributed by atoms with van der Waals surface area (Å²) >= 11 is 0. The number of hydrogen-bond acceptors (Lipinski definition) is 4. The highest BCUT2D eigenvalue weighted by molar-refractivity contribution is 5.78. The molecule has 6 heteroatoms. The van der Waals surface area contributed by atoms with Crippen molar-refractivity contribution in [1.29, 1.82) is 0 Å². The summed E-state index contributed by atoms with van der Waals surface area (Å²) in [6.45, 7) is 1.06. The number of carbonyl (C=O) groups excluding carboxylic acids is 1. The molecule has 0 aliphatic carbocycles. The number of aryl methyl sites for hydroxylation is 1. The highest BCUT2D eigenvalue weighted by atomic mass is 16.7. The van der Waals surface area contributed by atoms with Crippen molar-refractivity contribution >= 4 is 16.9 Å². The predicted molar refractivity (Wildman–Crippen MR) is 101 cm³/mol. The molecule has 1 fully saturated rings. The van der Waals surface area contributed by atoms with Gasteiger partial charge in [-0.2, -0.15) is 0 Å². The molecule has 1 unspecified atom stereocenters. The fraction of sp³-hybridized carbons (Fsp3) is 0.333. The average molecular weight is 363 g/mol. The first kappa shape index (κ1) is 16.2. The van der Waals surface area contributed by atoms with Crippen LogP contribution in [-0.2, 0) is 11.2 Å². The molecule has 1 saturated heterocycles. The molecule has 138 valence electrons. The van der Waals surface area contributed by atoms with Gasteiger partial charge in [0.2, 0.25) is 12.7 Å². The van der Waals surface area contributed by atoms with E-state index < -0.39 is 0 Å². The van der Waals surface area contributed by atoms with Crippen LogP contribution < -0.4 is 9.47 Å². The van der Waals surface area contributed by atoms with E-state index in [-0.39, 0.29) is 18.7 Å². The van der Waals surface area contributed by atoms with E-state index in [1.54, 1.807) is 0 Å². The number of carbonyl (C=O) groups is 1. The topological polar surface area (TPSA) is 67.5 Å². The Morgan fingerprint density at radius 2 is 2.07 bits per heavy atom. The Balaban J connectivity index is 1.29. The zero-order valence-corrected chi connectivity index (χ0v) is 15.0. The van der Waals surface area contributed by atoms with Gasteiger partial charge in [0.1, 0.15) is 5.82 Å². The van der Waals surface area contributed by atoms with E-state index in [1.807, 2.05) is 47.4 Å². The van der Waals surface area contributed by atoms with Crippen molar-refractivity contribution < 1.29 is 14.3 Å². The van der Waals surface area contributed by atoms with Crippen molar-refractivity contribution in [1.82, 2.24) is 14.9 Å². The molecule has 1 aromatic heterocycles. The van der Waals surface area contributed by atoms with Crippen molar-refractivity contribution in [2.24, 2.45) is 0 Å². The van der Waals surface area contributed by atoms with Crippen molar-refractivity contribution in [3.05, 3.63) is 53.9 Å². The molecule has 27 heavy (non-hydrogen) atoms. The molecule has 5 rings (SSSR count). The third kappa shape index (κ3) is 3.01. The third-order valence-corrected chi connectivity index (χ3v) is 5.36. The number of aromatic amines is 1. The minimum atomic E-state index is 0.0432. The number of aromatic nitrogens is 2. The van der Waals surface area contributed by atoms with Crippen LogP contribution in [0.25, 0.3) is 11.0 Å². The van der Waals surface area contributed by atoms with Gasteiger partial charge in [-0.25, -0.2) is 4.98 Å². The largest absolute Gasteiger partial charge is 0.454 e. The average Bonchev–Trinajstić information content (AvgIpc) is 3.43. The van der Waals surface area contributed by atoms with Gasteiger partial charge >= 0.3 is 0 Å². The SMILES string of the molecule is O=C(CCc1ccc2c(c1)OCO2)N1CCCC1c1nc2ccccc2[nH]1. The van der Waals surface area contributed by atoms with Crippen LogP contribution in [0.1, 0.15) is 36.7 Å². The van der Waals surface area contributed by atoms with Crippen LogP contribution in [0.5, 0.6) is 11.5 Å². The second-order valence-electron chi connectivity index (χ2n) is 7.07. The lowest BCUT2D eigenvalue weighted by molar-refractivity contribution is -0.132. The standard InChI is InChI=1S/C21H21N3O3/c25-20(10-8-14-7-9-18-19(12-14)27-13-26-18)24-11-3-6-17(24)21-22-15-4-1-2-5-16(15)23-21/h1-2,4-5,7,9,12,17H,3,6,8,10-11,13H2,(H,22,23).